The van der Waals surface area contributed by atoms with Crippen molar-refractivity contribution in [2.45, 2.75) is 6.92 Å². The summed E-state index contributed by atoms with van der Waals surface area (Å²) in [4.78, 5) is 12.4. The smallest absolute Gasteiger partial charge is 0.258 e. The molecule has 0 aliphatic carbocycles. The fraction of sp³-hybridized carbons (Fsp3) is 0.0667. The topological polar surface area (TPSA) is 55.1 Å². The van der Waals surface area contributed by atoms with Crippen molar-refractivity contribution in [3.8, 4) is 0 Å². The van der Waals surface area contributed by atoms with E-state index in [4.69, 9.17) is 18.0 Å². The molecule has 0 aliphatic rings. The molecular weight excluding hydrogens is 355 g/mol. The van der Waals surface area contributed by atoms with Gasteiger partial charge in [-0.2, -0.15) is 0 Å². The normalized spacial score (nSPS) is 10.2. The Hall–Kier alpha value is -1.79. The molecule has 2 aromatic carbocycles. The Bertz CT molecular complexity index is 734. The fourth-order valence-electron chi connectivity index (χ4n) is 1.96. The van der Waals surface area contributed by atoms with Crippen molar-refractivity contribution < 1.29 is 9.18 Å². The SMILES string of the molecule is Cc1cccc(NC(=O)c2ccc(Br)cc2F)c1C(N)=S. The van der Waals surface area contributed by atoms with E-state index >= 15 is 0 Å². The molecule has 2 aromatic rings. The number of carbonyl (C=O) groups excluding carboxylic acids is 1. The van der Waals surface area contributed by atoms with Crippen molar-refractivity contribution in [3.63, 3.8) is 0 Å². The van der Waals surface area contributed by atoms with Gasteiger partial charge in [-0.15, -0.1) is 0 Å². The van der Waals surface area contributed by atoms with Crippen LogP contribution in [0.15, 0.2) is 40.9 Å². The van der Waals surface area contributed by atoms with Crippen LogP contribution in [0.2, 0.25) is 0 Å². The second-order valence-corrected chi connectivity index (χ2v) is 5.80. The molecule has 0 heterocycles. The lowest BCUT2D eigenvalue weighted by molar-refractivity contribution is 0.102. The Labute approximate surface area is 135 Å². The highest BCUT2D eigenvalue weighted by Crippen LogP contribution is 2.21. The minimum atomic E-state index is -0.605. The average Bonchev–Trinajstić information content (AvgIpc) is 2.37. The Balaban J connectivity index is 2.36. The van der Waals surface area contributed by atoms with Crippen LogP contribution in [0.25, 0.3) is 0 Å². The Morgan fingerprint density at radius 2 is 2.05 bits per heavy atom. The van der Waals surface area contributed by atoms with E-state index in [0.29, 0.717) is 15.7 Å². The van der Waals surface area contributed by atoms with Crippen molar-refractivity contribution >= 4 is 44.7 Å². The zero-order valence-electron chi connectivity index (χ0n) is 11.1. The summed E-state index contributed by atoms with van der Waals surface area (Å²) in [5.41, 5.74) is 7.53. The largest absolute Gasteiger partial charge is 0.389 e. The van der Waals surface area contributed by atoms with Gasteiger partial charge in [-0.3, -0.25) is 4.79 Å². The molecule has 0 fully saturated rings. The number of rotatable bonds is 3. The van der Waals surface area contributed by atoms with Crippen LogP contribution < -0.4 is 11.1 Å². The summed E-state index contributed by atoms with van der Waals surface area (Å²) in [5, 5.41) is 2.65. The lowest BCUT2D eigenvalue weighted by Crippen LogP contribution is -2.19. The van der Waals surface area contributed by atoms with Crippen molar-refractivity contribution in [2.75, 3.05) is 5.32 Å². The molecule has 21 heavy (non-hydrogen) atoms. The van der Waals surface area contributed by atoms with Crippen LogP contribution in [-0.2, 0) is 0 Å². The predicted molar refractivity (Wildman–Crippen MR) is 89.1 cm³/mol. The molecule has 1 amide bonds. The van der Waals surface area contributed by atoms with Crippen molar-refractivity contribution in [3.05, 3.63) is 63.4 Å². The third-order valence-electron chi connectivity index (χ3n) is 2.94. The summed E-state index contributed by atoms with van der Waals surface area (Å²) >= 11 is 8.14. The van der Waals surface area contributed by atoms with Gasteiger partial charge in [0.2, 0.25) is 0 Å². The molecule has 3 N–H and O–H groups in total. The molecule has 6 heteroatoms. The summed E-state index contributed by atoms with van der Waals surface area (Å²) < 4.78 is 14.4. The molecule has 0 radical (unpaired) electrons. The zero-order chi connectivity index (χ0) is 15.6. The van der Waals surface area contributed by atoms with Gasteiger partial charge in [-0.1, -0.05) is 40.3 Å². The Morgan fingerprint density at radius 3 is 2.67 bits per heavy atom. The van der Waals surface area contributed by atoms with Gasteiger partial charge in [0, 0.05) is 10.0 Å². The van der Waals surface area contributed by atoms with Gasteiger partial charge in [-0.05, 0) is 36.8 Å². The maximum absolute atomic E-state index is 13.8. The van der Waals surface area contributed by atoms with Gasteiger partial charge in [0.05, 0.1) is 11.3 Å². The number of hydrogen-bond donors (Lipinski definition) is 2. The third-order valence-corrected chi connectivity index (χ3v) is 3.64. The summed E-state index contributed by atoms with van der Waals surface area (Å²) in [6.45, 7) is 1.84. The number of halogens is 2. The number of amides is 1. The first-order chi connectivity index (χ1) is 9.90. The van der Waals surface area contributed by atoms with Crippen LogP contribution in [-0.4, -0.2) is 10.9 Å². The third kappa shape index (κ3) is 3.46. The molecule has 0 aromatic heterocycles. The predicted octanol–water partition coefficient (Wildman–Crippen LogP) is 3.78. The highest BCUT2D eigenvalue weighted by molar-refractivity contribution is 9.10. The molecular formula is C15H12BrFN2OS. The number of aryl methyl sites for hydroxylation is 1. The lowest BCUT2D eigenvalue weighted by atomic mass is 10.1. The monoisotopic (exact) mass is 366 g/mol. The maximum atomic E-state index is 13.8. The van der Waals surface area contributed by atoms with Crippen LogP contribution in [0.5, 0.6) is 0 Å². The maximum Gasteiger partial charge on any atom is 0.258 e. The van der Waals surface area contributed by atoms with E-state index in [9.17, 15) is 9.18 Å². The van der Waals surface area contributed by atoms with Crippen molar-refractivity contribution in [1.82, 2.24) is 0 Å². The number of benzene rings is 2. The summed E-state index contributed by atoms with van der Waals surface area (Å²) in [5.74, 6) is -1.16. The van der Waals surface area contributed by atoms with Crippen LogP contribution in [0.4, 0.5) is 10.1 Å². The average molecular weight is 367 g/mol. The highest BCUT2D eigenvalue weighted by Gasteiger charge is 2.15. The molecule has 0 unspecified atom stereocenters. The first kappa shape index (κ1) is 15.6. The number of thiocarbonyl (C=S) groups is 1. The molecule has 0 saturated carbocycles. The van der Waals surface area contributed by atoms with E-state index in [2.05, 4.69) is 21.2 Å². The van der Waals surface area contributed by atoms with Crippen molar-refractivity contribution in [1.29, 1.82) is 0 Å². The number of carbonyl (C=O) groups is 1. The summed E-state index contributed by atoms with van der Waals surface area (Å²) in [6, 6.07) is 9.53. The molecule has 0 saturated heterocycles. The van der Waals surface area contributed by atoms with Gasteiger partial charge >= 0.3 is 0 Å². The summed E-state index contributed by atoms with van der Waals surface area (Å²) in [7, 11) is 0. The van der Waals surface area contributed by atoms with E-state index in [1.165, 1.54) is 12.1 Å². The van der Waals surface area contributed by atoms with E-state index in [-0.39, 0.29) is 10.6 Å². The first-order valence-electron chi connectivity index (χ1n) is 6.06. The van der Waals surface area contributed by atoms with Gasteiger partial charge < -0.3 is 11.1 Å². The van der Waals surface area contributed by atoms with E-state index in [1.54, 1.807) is 18.2 Å². The number of nitrogens with one attached hydrogen (secondary N) is 1. The van der Waals surface area contributed by atoms with Crippen LogP contribution in [0.3, 0.4) is 0 Å². The minimum absolute atomic E-state index is 0.0476. The van der Waals surface area contributed by atoms with Crippen LogP contribution >= 0.6 is 28.1 Å². The van der Waals surface area contributed by atoms with E-state index < -0.39 is 11.7 Å². The molecule has 0 bridgehead atoms. The minimum Gasteiger partial charge on any atom is -0.389 e. The molecule has 3 nitrogen and oxygen atoms in total. The molecule has 0 atom stereocenters. The Morgan fingerprint density at radius 1 is 1.33 bits per heavy atom. The molecule has 108 valence electrons. The fourth-order valence-corrected chi connectivity index (χ4v) is 2.57. The summed E-state index contributed by atoms with van der Waals surface area (Å²) in [6.07, 6.45) is 0. The number of anilines is 1. The van der Waals surface area contributed by atoms with Gasteiger partial charge in [0.15, 0.2) is 0 Å². The molecule has 2 rings (SSSR count). The second kappa shape index (κ2) is 6.32. The molecule has 0 aliphatic heterocycles. The van der Waals surface area contributed by atoms with E-state index in [0.717, 1.165) is 5.56 Å². The van der Waals surface area contributed by atoms with E-state index in [1.807, 2.05) is 13.0 Å². The zero-order valence-corrected chi connectivity index (χ0v) is 13.5. The quantitative estimate of drug-likeness (QED) is 0.812. The highest BCUT2D eigenvalue weighted by atomic mass is 79.9. The first-order valence-corrected chi connectivity index (χ1v) is 7.26. The van der Waals surface area contributed by atoms with Gasteiger partial charge in [0.25, 0.3) is 5.91 Å². The number of hydrogen-bond acceptors (Lipinski definition) is 2. The van der Waals surface area contributed by atoms with Gasteiger partial charge in [0.1, 0.15) is 10.8 Å². The second-order valence-electron chi connectivity index (χ2n) is 4.44. The Kier molecular flexibility index (Phi) is 4.69. The number of nitrogens with two attached hydrogens (primary N) is 1. The van der Waals surface area contributed by atoms with Crippen LogP contribution in [0.1, 0.15) is 21.5 Å². The molecule has 0 spiro atoms. The van der Waals surface area contributed by atoms with Gasteiger partial charge in [-0.25, -0.2) is 4.39 Å². The van der Waals surface area contributed by atoms with Crippen LogP contribution in [0, 0.1) is 12.7 Å². The van der Waals surface area contributed by atoms with Crippen molar-refractivity contribution in [2.24, 2.45) is 5.73 Å². The lowest BCUT2D eigenvalue weighted by Gasteiger charge is -2.13. The standard InChI is InChI=1S/C15H12BrFN2OS/c1-8-3-2-4-12(13(8)14(18)21)19-15(20)10-6-5-9(16)7-11(10)17/h2-7H,1H3,(H2,18,21)(H,19,20).